The lowest BCUT2D eigenvalue weighted by Crippen LogP contribution is -2.49. The molecule has 3 rings (SSSR count). The molecule has 0 spiro atoms. The van der Waals surface area contributed by atoms with Gasteiger partial charge in [-0.15, -0.1) is 0 Å². The highest BCUT2D eigenvalue weighted by molar-refractivity contribution is 6.36. The molecule has 3 aromatic carbocycles. The number of benzene rings is 3. The molecule has 0 atom stereocenters. The number of carbonyl (C=O) groups is 2. The summed E-state index contributed by atoms with van der Waals surface area (Å²) >= 11 is 6.35. The fourth-order valence-electron chi connectivity index (χ4n) is 3.16. The minimum atomic E-state index is -4.41. The molecule has 0 fully saturated rings. The van der Waals surface area contributed by atoms with Gasteiger partial charge in [0.2, 0.25) is 0 Å². The molecule has 174 valence electrons. The topological polar surface area (TPSA) is 75.6 Å². The molecule has 1 amide bonds. The summed E-state index contributed by atoms with van der Waals surface area (Å²) in [6.07, 6.45) is -4.12. The first-order valence-corrected chi connectivity index (χ1v) is 10.3. The number of hydrogen-bond acceptors (Lipinski definition) is 3. The van der Waals surface area contributed by atoms with E-state index in [1.807, 2.05) is 0 Å². The Balaban J connectivity index is 1.89. The van der Waals surface area contributed by atoms with Crippen molar-refractivity contribution in [1.82, 2.24) is 5.32 Å². The van der Waals surface area contributed by atoms with E-state index in [2.05, 4.69) is 5.32 Å². The summed E-state index contributed by atoms with van der Waals surface area (Å²) in [6.45, 7) is 2.77. The van der Waals surface area contributed by atoms with Gasteiger partial charge < -0.3 is 15.2 Å². The van der Waals surface area contributed by atoms with Crippen LogP contribution in [0, 0.1) is 0 Å². The summed E-state index contributed by atoms with van der Waals surface area (Å²) in [4.78, 5) is 24.4. The molecule has 33 heavy (non-hydrogen) atoms. The summed E-state index contributed by atoms with van der Waals surface area (Å²) in [7, 11) is 0. The molecule has 0 aliphatic carbocycles. The second kappa shape index (κ2) is 9.31. The standard InChI is InChI=1S/C24H21ClF3NO4/c1-23(2,22(31)32)29-21(30)18-13-19(25)16-5-3-4-6-17(16)20(18)33-12-11-14-7-9-15(10-8-14)24(26,27)28/h3-10,13H,11-12H2,1-2H3,(H,29,30)(H,31,32). The van der Waals surface area contributed by atoms with Gasteiger partial charge in [-0.3, -0.25) is 4.79 Å². The zero-order valence-corrected chi connectivity index (χ0v) is 18.6. The van der Waals surface area contributed by atoms with Crippen molar-refractivity contribution < 1.29 is 32.6 Å². The zero-order chi connectivity index (χ0) is 24.4. The minimum absolute atomic E-state index is 0.0560. The Hall–Kier alpha value is -3.26. The molecule has 0 saturated carbocycles. The van der Waals surface area contributed by atoms with E-state index in [0.717, 1.165) is 12.1 Å². The lowest BCUT2D eigenvalue weighted by atomic mass is 10.0. The van der Waals surface area contributed by atoms with Crippen LogP contribution in [0.25, 0.3) is 10.8 Å². The van der Waals surface area contributed by atoms with Crippen LogP contribution in [0.3, 0.4) is 0 Å². The van der Waals surface area contributed by atoms with Gasteiger partial charge in [-0.1, -0.05) is 48.0 Å². The highest BCUT2D eigenvalue weighted by Crippen LogP contribution is 2.36. The highest BCUT2D eigenvalue weighted by atomic mass is 35.5. The number of hydrogen-bond donors (Lipinski definition) is 2. The lowest BCUT2D eigenvalue weighted by Gasteiger charge is -2.22. The lowest BCUT2D eigenvalue weighted by molar-refractivity contribution is -0.143. The van der Waals surface area contributed by atoms with E-state index in [0.29, 0.717) is 21.4 Å². The monoisotopic (exact) mass is 479 g/mol. The van der Waals surface area contributed by atoms with Crippen LogP contribution in [0.1, 0.15) is 35.3 Å². The normalized spacial score (nSPS) is 11.9. The van der Waals surface area contributed by atoms with Gasteiger partial charge >= 0.3 is 12.1 Å². The van der Waals surface area contributed by atoms with Crippen LogP contribution < -0.4 is 10.1 Å². The third-order valence-electron chi connectivity index (χ3n) is 5.07. The molecule has 0 radical (unpaired) electrons. The first-order valence-electron chi connectivity index (χ1n) is 9.96. The molecule has 5 nitrogen and oxygen atoms in total. The number of carboxylic acids is 1. The third kappa shape index (κ3) is 5.57. The number of carboxylic acid groups (broad SMARTS) is 1. The second-order valence-electron chi connectivity index (χ2n) is 7.96. The molecule has 2 N–H and O–H groups in total. The third-order valence-corrected chi connectivity index (χ3v) is 5.38. The SMILES string of the molecule is CC(C)(NC(=O)c1cc(Cl)c2ccccc2c1OCCc1ccc(C(F)(F)F)cc1)C(=O)O. The van der Waals surface area contributed by atoms with Crippen molar-refractivity contribution in [3.63, 3.8) is 0 Å². The van der Waals surface area contributed by atoms with Crippen molar-refractivity contribution in [2.45, 2.75) is 32.0 Å². The second-order valence-corrected chi connectivity index (χ2v) is 8.37. The van der Waals surface area contributed by atoms with Gasteiger partial charge in [0, 0.05) is 22.2 Å². The van der Waals surface area contributed by atoms with Crippen molar-refractivity contribution in [3.05, 3.63) is 76.3 Å². The molecule has 3 aromatic rings. The molecule has 0 aliphatic rings. The van der Waals surface area contributed by atoms with E-state index in [-0.39, 0.29) is 24.3 Å². The first-order chi connectivity index (χ1) is 15.4. The van der Waals surface area contributed by atoms with Gasteiger partial charge in [0.25, 0.3) is 5.91 Å². The number of alkyl halides is 3. The largest absolute Gasteiger partial charge is 0.492 e. The fraction of sp³-hybridized carbons (Fsp3) is 0.250. The molecule has 0 heterocycles. The Kier molecular flexibility index (Phi) is 6.88. The highest BCUT2D eigenvalue weighted by Gasteiger charge is 2.31. The number of nitrogens with one attached hydrogen (secondary N) is 1. The van der Waals surface area contributed by atoms with Crippen LogP contribution in [-0.4, -0.2) is 29.1 Å². The van der Waals surface area contributed by atoms with Gasteiger partial charge in [0.15, 0.2) is 0 Å². The van der Waals surface area contributed by atoms with Crippen molar-refractivity contribution >= 4 is 34.2 Å². The maximum atomic E-state index is 12.9. The number of rotatable bonds is 7. The molecule has 0 unspecified atom stereocenters. The zero-order valence-electron chi connectivity index (χ0n) is 17.8. The van der Waals surface area contributed by atoms with Crippen molar-refractivity contribution in [1.29, 1.82) is 0 Å². The van der Waals surface area contributed by atoms with Crippen molar-refractivity contribution in [3.8, 4) is 5.75 Å². The summed E-state index contributed by atoms with van der Waals surface area (Å²) in [6, 6.07) is 13.1. The van der Waals surface area contributed by atoms with Gasteiger partial charge in [-0.25, -0.2) is 4.79 Å². The number of fused-ring (bicyclic) bond motifs is 1. The Morgan fingerprint density at radius 1 is 1.03 bits per heavy atom. The van der Waals surface area contributed by atoms with Gasteiger partial charge in [0.05, 0.1) is 17.7 Å². The smallest absolute Gasteiger partial charge is 0.416 e. The maximum absolute atomic E-state index is 12.9. The summed E-state index contributed by atoms with van der Waals surface area (Å²) in [5.74, 6) is -1.69. The molecule has 0 bridgehead atoms. The predicted molar refractivity (Wildman–Crippen MR) is 119 cm³/mol. The van der Waals surface area contributed by atoms with Gasteiger partial charge in [-0.05, 0) is 37.6 Å². The number of ether oxygens (including phenoxy) is 1. The van der Waals surface area contributed by atoms with E-state index >= 15 is 0 Å². The van der Waals surface area contributed by atoms with Gasteiger partial charge in [0.1, 0.15) is 11.3 Å². The molecule has 9 heteroatoms. The summed E-state index contributed by atoms with van der Waals surface area (Å²) in [5.41, 5.74) is -1.59. The Bertz CT molecular complexity index is 1190. The van der Waals surface area contributed by atoms with E-state index in [4.69, 9.17) is 16.3 Å². The van der Waals surface area contributed by atoms with Crippen molar-refractivity contribution in [2.75, 3.05) is 6.61 Å². The van der Waals surface area contributed by atoms with E-state index in [1.54, 1.807) is 24.3 Å². The van der Waals surface area contributed by atoms with Crippen LogP contribution in [0.4, 0.5) is 13.2 Å². The summed E-state index contributed by atoms with van der Waals surface area (Å²) in [5, 5.41) is 13.3. The van der Waals surface area contributed by atoms with Crippen LogP contribution in [0.5, 0.6) is 5.75 Å². The minimum Gasteiger partial charge on any atom is -0.492 e. The number of halogens is 4. The van der Waals surface area contributed by atoms with E-state index in [9.17, 15) is 27.9 Å². The number of aliphatic carboxylic acids is 1. The molecule has 0 aromatic heterocycles. The van der Waals surface area contributed by atoms with Crippen LogP contribution >= 0.6 is 11.6 Å². The van der Waals surface area contributed by atoms with Crippen LogP contribution in [0.15, 0.2) is 54.6 Å². The quantitative estimate of drug-likeness (QED) is 0.454. The van der Waals surface area contributed by atoms with Gasteiger partial charge in [-0.2, -0.15) is 13.2 Å². The predicted octanol–water partition coefficient (Wildman–Crippen LogP) is 5.73. The molecule has 0 aliphatic heterocycles. The van der Waals surface area contributed by atoms with Crippen molar-refractivity contribution in [2.24, 2.45) is 0 Å². The average Bonchev–Trinajstić information content (AvgIpc) is 2.74. The Morgan fingerprint density at radius 3 is 2.21 bits per heavy atom. The molecule has 0 saturated heterocycles. The fourth-order valence-corrected chi connectivity index (χ4v) is 3.44. The number of amides is 1. The Labute approximate surface area is 193 Å². The van der Waals surface area contributed by atoms with Crippen LogP contribution in [-0.2, 0) is 17.4 Å². The maximum Gasteiger partial charge on any atom is 0.416 e. The first kappa shape index (κ1) is 24.4. The summed E-state index contributed by atoms with van der Waals surface area (Å²) < 4.78 is 44.2. The van der Waals surface area contributed by atoms with E-state index in [1.165, 1.54) is 32.0 Å². The van der Waals surface area contributed by atoms with E-state index < -0.39 is 29.2 Å². The molecular weight excluding hydrogens is 459 g/mol. The van der Waals surface area contributed by atoms with Crippen LogP contribution in [0.2, 0.25) is 5.02 Å². The Morgan fingerprint density at radius 2 is 1.64 bits per heavy atom. The molecular formula is C24H21ClF3NO4. The average molecular weight is 480 g/mol. The number of carbonyl (C=O) groups excluding carboxylic acids is 1.